The van der Waals surface area contributed by atoms with E-state index in [1.165, 1.54) is 11.0 Å². The zero-order chi connectivity index (χ0) is 28.6. The quantitative estimate of drug-likeness (QED) is 0.310. The molecular formula is C30H36N8O2. The summed E-state index contributed by atoms with van der Waals surface area (Å²) in [6.07, 6.45) is 8.73. The average molecular weight is 541 g/mol. The molecule has 1 heterocycles. The van der Waals surface area contributed by atoms with Gasteiger partial charge in [0.2, 0.25) is 17.8 Å². The summed E-state index contributed by atoms with van der Waals surface area (Å²) in [5, 5.41) is 18.6. The van der Waals surface area contributed by atoms with Crippen LogP contribution in [-0.4, -0.2) is 77.4 Å². The van der Waals surface area contributed by atoms with Crippen molar-refractivity contribution in [2.75, 3.05) is 38.3 Å². The van der Waals surface area contributed by atoms with Gasteiger partial charge in [0.1, 0.15) is 11.9 Å². The second-order valence-corrected chi connectivity index (χ2v) is 10.6. The molecule has 2 aliphatic rings. The van der Waals surface area contributed by atoms with Crippen molar-refractivity contribution < 1.29 is 9.59 Å². The standard InChI is InChI=1S/C30H36N8O2/c1-20(38(4)27(39)6-5-15-37(2)3)29(40)34-26-16-22(17-26)7-10-23-19-32-30(36-28(23)33-24-13-14-24)35-25-11-8-21(18-31)9-12-25/h5-6,8-9,11-12,19-20,22,24,26H,13-17H2,1-4H3,(H,34,40)(H2,32,33,35,36)/b6-5+/t20-,22-,26+/m0/s1. The number of anilines is 3. The first-order valence-electron chi connectivity index (χ1n) is 13.5. The van der Waals surface area contributed by atoms with Crippen molar-refractivity contribution in [1.29, 1.82) is 5.26 Å². The first-order chi connectivity index (χ1) is 19.2. The van der Waals surface area contributed by atoms with Crippen LogP contribution in [0.5, 0.6) is 0 Å². The largest absolute Gasteiger partial charge is 0.366 e. The Labute approximate surface area is 235 Å². The third kappa shape index (κ3) is 8.05. The van der Waals surface area contributed by atoms with Crippen LogP contribution in [0.3, 0.4) is 0 Å². The van der Waals surface area contributed by atoms with Crippen molar-refractivity contribution in [2.24, 2.45) is 5.92 Å². The maximum Gasteiger partial charge on any atom is 0.246 e. The molecule has 2 amide bonds. The first kappa shape index (κ1) is 28.6. The zero-order valence-electron chi connectivity index (χ0n) is 23.4. The molecule has 1 aromatic carbocycles. The summed E-state index contributed by atoms with van der Waals surface area (Å²) < 4.78 is 0. The van der Waals surface area contributed by atoms with Gasteiger partial charge in [-0.2, -0.15) is 10.2 Å². The maximum absolute atomic E-state index is 12.7. The van der Waals surface area contributed by atoms with Gasteiger partial charge >= 0.3 is 0 Å². The minimum Gasteiger partial charge on any atom is -0.366 e. The van der Waals surface area contributed by atoms with Gasteiger partial charge in [0, 0.05) is 43.4 Å². The second-order valence-electron chi connectivity index (χ2n) is 10.6. The number of hydrogen-bond acceptors (Lipinski definition) is 8. The van der Waals surface area contributed by atoms with E-state index in [1.54, 1.807) is 38.4 Å². The molecule has 0 unspecified atom stereocenters. The van der Waals surface area contributed by atoms with Gasteiger partial charge in [0.05, 0.1) is 23.4 Å². The molecule has 2 aliphatic carbocycles. The van der Waals surface area contributed by atoms with Gasteiger partial charge < -0.3 is 25.8 Å². The van der Waals surface area contributed by atoms with E-state index in [0.717, 1.165) is 36.9 Å². The molecule has 0 saturated heterocycles. The number of aromatic nitrogens is 2. The Morgan fingerprint density at radius 1 is 1.15 bits per heavy atom. The highest BCUT2D eigenvalue weighted by atomic mass is 16.2. The Balaban J connectivity index is 1.30. The van der Waals surface area contributed by atoms with Gasteiger partial charge in [0.15, 0.2) is 0 Å². The molecule has 10 nitrogen and oxygen atoms in total. The lowest BCUT2D eigenvalue weighted by molar-refractivity contribution is -0.135. The van der Waals surface area contributed by atoms with E-state index in [2.05, 4.69) is 43.8 Å². The average Bonchev–Trinajstić information content (AvgIpc) is 3.74. The summed E-state index contributed by atoms with van der Waals surface area (Å²) in [7, 11) is 5.50. The minimum atomic E-state index is -0.564. The normalized spacial score (nSPS) is 18.6. The van der Waals surface area contributed by atoms with Gasteiger partial charge in [-0.05, 0) is 71.0 Å². The number of amides is 2. The predicted octanol–water partition coefficient (Wildman–Crippen LogP) is 2.88. The van der Waals surface area contributed by atoms with E-state index in [4.69, 9.17) is 5.26 Å². The number of likely N-dealkylation sites (N-methyl/N-ethyl adjacent to an activating group) is 2. The fourth-order valence-electron chi connectivity index (χ4n) is 4.03. The highest BCUT2D eigenvalue weighted by molar-refractivity contribution is 5.92. The van der Waals surface area contributed by atoms with Crippen LogP contribution in [0.15, 0.2) is 42.6 Å². The molecule has 4 rings (SSSR count). The molecule has 2 fully saturated rings. The summed E-state index contributed by atoms with van der Waals surface area (Å²) in [4.78, 5) is 37.5. The van der Waals surface area contributed by atoms with Crippen molar-refractivity contribution in [3.8, 4) is 17.9 Å². The Morgan fingerprint density at radius 3 is 2.52 bits per heavy atom. The van der Waals surface area contributed by atoms with Crippen LogP contribution in [-0.2, 0) is 9.59 Å². The Morgan fingerprint density at radius 2 is 1.88 bits per heavy atom. The van der Waals surface area contributed by atoms with E-state index in [-0.39, 0.29) is 23.8 Å². The number of benzene rings is 1. The summed E-state index contributed by atoms with van der Waals surface area (Å²) in [5.41, 5.74) is 2.12. The number of carbonyl (C=O) groups excluding carboxylic acids is 2. The third-order valence-electron chi connectivity index (χ3n) is 6.91. The molecule has 2 saturated carbocycles. The molecule has 208 valence electrons. The van der Waals surface area contributed by atoms with E-state index >= 15 is 0 Å². The summed E-state index contributed by atoms with van der Waals surface area (Å²) in [5.74, 6) is 7.50. The lowest BCUT2D eigenvalue weighted by Gasteiger charge is -2.34. The van der Waals surface area contributed by atoms with Crippen LogP contribution >= 0.6 is 0 Å². The Hall–Kier alpha value is -4.41. The molecule has 1 atom stereocenters. The molecular weight excluding hydrogens is 504 g/mol. The van der Waals surface area contributed by atoms with E-state index in [0.29, 0.717) is 29.9 Å². The summed E-state index contributed by atoms with van der Waals surface area (Å²) >= 11 is 0. The lowest BCUT2D eigenvalue weighted by Crippen LogP contribution is -2.51. The van der Waals surface area contributed by atoms with Gasteiger partial charge in [-0.25, -0.2) is 4.98 Å². The van der Waals surface area contributed by atoms with Gasteiger partial charge in [-0.1, -0.05) is 17.9 Å². The van der Waals surface area contributed by atoms with Crippen molar-refractivity contribution in [2.45, 2.75) is 50.7 Å². The zero-order valence-corrected chi connectivity index (χ0v) is 23.4. The van der Waals surface area contributed by atoms with E-state index in [1.807, 2.05) is 31.1 Å². The fraction of sp³-hybridized carbons (Fsp3) is 0.433. The Bertz CT molecular complexity index is 1340. The third-order valence-corrected chi connectivity index (χ3v) is 6.91. The van der Waals surface area contributed by atoms with Crippen molar-refractivity contribution in [1.82, 2.24) is 25.1 Å². The van der Waals surface area contributed by atoms with Crippen LogP contribution < -0.4 is 16.0 Å². The van der Waals surface area contributed by atoms with Crippen molar-refractivity contribution in [3.05, 3.63) is 53.7 Å². The first-order valence-corrected chi connectivity index (χ1v) is 13.5. The van der Waals surface area contributed by atoms with Crippen LogP contribution in [0.25, 0.3) is 0 Å². The topological polar surface area (TPSA) is 126 Å². The summed E-state index contributed by atoms with van der Waals surface area (Å²) in [6, 6.07) is 9.10. The minimum absolute atomic E-state index is 0.0429. The lowest BCUT2D eigenvalue weighted by atomic mass is 9.80. The highest BCUT2D eigenvalue weighted by Crippen LogP contribution is 2.29. The molecule has 10 heteroatoms. The van der Waals surface area contributed by atoms with Crippen LogP contribution in [0.2, 0.25) is 0 Å². The van der Waals surface area contributed by atoms with E-state index < -0.39 is 6.04 Å². The SMILES string of the molecule is C[C@@H](C(=O)N[C@H]1C[C@@H](C#Cc2cnc(Nc3ccc(C#N)cc3)nc2NC2CC2)C1)N(C)C(=O)/C=C/CN(C)C. The molecule has 2 aromatic rings. The molecule has 0 spiro atoms. The second kappa shape index (κ2) is 13.1. The Kier molecular flexibility index (Phi) is 9.36. The molecule has 0 aliphatic heterocycles. The highest BCUT2D eigenvalue weighted by Gasteiger charge is 2.31. The molecule has 0 bridgehead atoms. The molecule has 0 radical (unpaired) electrons. The number of nitriles is 1. The van der Waals surface area contributed by atoms with Gasteiger partial charge in [-0.15, -0.1) is 0 Å². The van der Waals surface area contributed by atoms with Crippen LogP contribution in [0.1, 0.15) is 43.7 Å². The van der Waals surface area contributed by atoms with Crippen molar-refractivity contribution >= 4 is 29.3 Å². The van der Waals surface area contributed by atoms with Crippen LogP contribution in [0.4, 0.5) is 17.5 Å². The van der Waals surface area contributed by atoms with Crippen molar-refractivity contribution in [3.63, 3.8) is 0 Å². The smallest absolute Gasteiger partial charge is 0.246 e. The number of carbonyl (C=O) groups is 2. The summed E-state index contributed by atoms with van der Waals surface area (Å²) in [6.45, 7) is 2.39. The van der Waals surface area contributed by atoms with E-state index in [9.17, 15) is 9.59 Å². The fourth-order valence-corrected chi connectivity index (χ4v) is 4.03. The predicted molar refractivity (Wildman–Crippen MR) is 155 cm³/mol. The van der Waals surface area contributed by atoms with Gasteiger partial charge in [0.25, 0.3) is 0 Å². The number of nitrogens with zero attached hydrogens (tertiary/aromatic N) is 5. The molecule has 3 N–H and O–H groups in total. The maximum atomic E-state index is 12.7. The number of nitrogens with one attached hydrogen (secondary N) is 3. The number of hydrogen-bond donors (Lipinski definition) is 3. The molecule has 1 aromatic heterocycles. The molecule has 40 heavy (non-hydrogen) atoms. The van der Waals surface area contributed by atoms with Crippen LogP contribution in [0, 0.1) is 29.1 Å². The van der Waals surface area contributed by atoms with Gasteiger partial charge in [-0.3, -0.25) is 9.59 Å². The number of rotatable bonds is 10. The monoisotopic (exact) mass is 540 g/mol.